The molecule has 5 heteroatoms. The molecule has 0 aromatic heterocycles. The molecular formula is C13H28N2O3. The Morgan fingerprint density at radius 2 is 1.61 bits per heavy atom. The van der Waals surface area contributed by atoms with Crippen molar-refractivity contribution in [1.29, 1.82) is 0 Å². The Kier molecular flexibility index (Phi) is 5.62. The van der Waals surface area contributed by atoms with E-state index in [-0.39, 0.29) is 0 Å². The summed E-state index contributed by atoms with van der Waals surface area (Å²) in [6.07, 6.45) is -0.443. The van der Waals surface area contributed by atoms with Crippen molar-refractivity contribution < 1.29 is 14.3 Å². The summed E-state index contributed by atoms with van der Waals surface area (Å²) in [5, 5.41) is 2.78. The first kappa shape index (κ1) is 17.2. The number of nitrogens with two attached hydrogens (primary N) is 1. The van der Waals surface area contributed by atoms with Gasteiger partial charge in [0.25, 0.3) is 0 Å². The van der Waals surface area contributed by atoms with Crippen LogP contribution in [-0.4, -0.2) is 36.0 Å². The Balaban J connectivity index is 4.27. The van der Waals surface area contributed by atoms with Gasteiger partial charge in [-0.05, 0) is 48.5 Å². The highest BCUT2D eigenvalue weighted by atomic mass is 16.6. The van der Waals surface area contributed by atoms with Crippen LogP contribution in [0, 0.1) is 0 Å². The van der Waals surface area contributed by atoms with Gasteiger partial charge in [-0.1, -0.05) is 0 Å². The summed E-state index contributed by atoms with van der Waals surface area (Å²) in [5.41, 5.74) is 4.18. The molecule has 0 aliphatic rings. The molecule has 0 spiro atoms. The predicted octanol–water partition coefficient (Wildman–Crippen LogP) is 2.04. The first-order chi connectivity index (χ1) is 7.87. The molecule has 108 valence electrons. The van der Waals surface area contributed by atoms with Crippen LogP contribution in [0.15, 0.2) is 0 Å². The van der Waals surface area contributed by atoms with Crippen molar-refractivity contribution in [2.45, 2.75) is 65.2 Å². The fraction of sp³-hybridized carbons (Fsp3) is 0.923. The van der Waals surface area contributed by atoms with E-state index in [2.05, 4.69) is 5.32 Å². The number of carbonyl (C=O) groups excluding carboxylic acids is 1. The molecular weight excluding hydrogens is 232 g/mol. The van der Waals surface area contributed by atoms with E-state index in [0.717, 1.165) is 0 Å². The number of alkyl carbamates (subject to hydrolysis) is 1. The van der Waals surface area contributed by atoms with Crippen molar-refractivity contribution in [2.75, 3.05) is 13.2 Å². The van der Waals surface area contributed by atoms with Crippen LogP contribution in [0.1, 0.15) is 48.5 Å². The lowest BCUT2D eigenvalue weighted by molar-refractivity contribution is -0.0383. The molecule has 18 heavy (non-hydrogen) atoms. The summed E-state index contributed by atoms with van der Waals surface area (Å²) in [7, 11) is 0. The van der Waals surface area contributed by atoms with Gasteiger partial charge in [-0.3, -0.25) is 0 Å². The zero-order chi connectivity index (χ0) is 14.6. The molecule has 3 N–H and O–H groups in total. The lowest BCUT2D eigenvalue weighted by Gasteiger charge is -2.32. The van der Waals surface area contributed by atoms with E-state index in [9.17, 15) is 4.79 Å². The second-order valence-corrected chi connectivity index (χ2v) is 6.76. The fourth-order valence-corrected chi connectivity index (χ4v) is 1.05. The van der Waals surface area contributed by atoms with Crippen molar-refractivity contribution >= 4 is 6.09 Å². The molecule has 5 nitrogen and oxygen atoms in total. The van der Waals surface area contributed by atoms with Crippen LogP contribution in [0.2, 0.25) is 0 Å². The van der Waals surface area contributed by atoms with Crippen LogP contribution in [-0.2, 0) is 9.47 Å². The Morgan fingerprint density at radius 3 is 2.00 bits per heavy atom. The number of hydrogen-bond donors (Lipinski definition) is 2. The summed E-state index contributed by atoms with van der Waals surface area (Å²) in [4.78, 5) is 11.7. The molecule has 0 aromatic carbocycles. The third-order valence-electron chi connectivity index (χ3n) is 2.15. The number of carbonyl (C=O) groups is 1. The summed E-state index contributed by atoms with van der Waals surface area (Å²) in [5.74, 6) is 0. The van der Waals surface area contributed by atoms with Gasteiger partial charge < -0.3 is 20.5 Å². The Bertz CT molecular complexity index is 280. The summed E-state index contributed by atoms with van der Waals surface area (Å²) >= 11 is 0. The second-order valence-electron chi connectivity index (χ2n) is 6.76. The first-order valence-corrected chi connectivity index (χ1v) is 6.22. The maximum absolute atomic E-state index is 11.7. The van der Waals surface area contributed by atoms with E-state index in [1.807, 2.05) is 48.5 Å². The SMILES string of the molecule is CC(C)(COC(C)(C)CN)NC(=O)OC(C)(C)C. The van der Waals surface area contributed by atoms with Crippen molar-refractivity contribution in [2.24, 2.45) is 5.73 Å². The number of hydrogen-bond acceptors (Lipinski definition) is 4. The lowest BCUT2D eigenvalue weighted by Crippen LogP contribution is -2.51. The smallest absolute Gasteiger partial charge is 0.408 e. The maximum atomic E-state index is 11.7. The van der Waals surface area contributed by atoms with E-state index >= 15 is 0 Å². The summed E-state index contributed by atoms with van der Waals surface area (Å²) < 4.78 is 10.9. The minimum Gasteiger partial charge on any atom is -0.444 e. The van der Waals surface area contributed by atoms with E-state index in [1.165, 1.54) is 0 Å². The molecule has 0 rings (SSSR count). The van der Waals surface area contributed by atoms with Crippen molar-refractivity contribution in [3.63, 3.8) is 0 Å². The van der Waals surface area contributed by atoms with E-state index < -0.39 is 22.8 Å². The Labute approximate surface area is 110 Å². The average molecular weight is 260 g/mol. The zero-order valence-corrected chi connectivity index (χ0v) is 12.7. The standard InChI is InChI=1S/C13H28N2O3/c1-11(2,3)18-10(16)15-12(4,5)9-17-13(6,7)8-14/h8-9,14H2,1-7H3,(H,15,16). The van der Waals surface area contributed by atoms with Gasteiger partial charge in [-0.15, -0.1) is 0 Å². The third kappa shape index (κ3) is 8.31. The van der Waals surface area contributed by atoms with Crippen molar-refractivity contribution in [3.8, 4) is 0 Å². The molecule has 0 fully saturated rings. The van der Waals surface area contributed by atoms with Gasteiger partial charge in [-0.25, -0.2) is 4.79 Å². The molecule has 0 bridgehead atoms. The monoisotopic (exact) mass is 260 g/mol. The average Bonchev–Trinajstić information content (AvgIpc) is 2.11. The highest BCUT2D eigenvalue weighted by Gasteiger charge is 2.27. The molecule has 0 aliphatic heterocycles. The first-order valence-electron chi connectivity index (χ1n) is 6.22. The maximum Gasteiger partial charge on any atom is 0.408 e. The Morgan fingerprint density at radius 1 is 1.11 bits per heavy atom. The zero-order valence-electron chi connectivity index (χ0n) is 12.7. The Hall–Kier alpha value is -0.810. The molecule has 0 radical (unpaired) electrons. The summed E-state index contributed by atoms with van der Waals surface area (Å²) in [6.45, 7) is 13.9. The minimum absolute atomic E-state index is 0.371. The van der Waals surface area contributed by atoms with E-state index in [1.54, 1.807) is 0 Å². The van der Waals surface area contributed by atoms with Crippen LogP contribution in [0.3, 0.4) is 0 Å². The molecule has 0 unspecified atom stereocenters. The minimum atomic E-state index is -0.505. The van der Waals surface area contributed by atoms with Crippen molar-refractivity contribution in [1.82, 2.24) is 5.32 Å². The molecule has 0 saturated heterocycles. The molecule has 0 heterocycles. The number of amides is 1. The van der Waals surface area contributed by atoms with Crippen molar-refractivity contribution in [3.05, 3.63) is 0 Å². The normalized spacial score (nSPS) is 13.3. The van der Waals surface area contributed by atoms with Gasteiger partial charge in [0.05, 0.1) is 17.7 Å². The predicted molar refractivity (Wildman–Crippen MR) is 72.5 cm³/mol. The summed E-state index contributed by atoms with van der Waals surface area (Å²) in [6, 6.07) is 0. The fourth-order valence-electron chi connectivity index (χ4n) is 1.05. The van der Waals surface area contributed by atoms with Gasteiger partial charge in [0.1, 0.15) is 5.60 Å². The van der Waals surface area contributed by atoms with E-state index in [0.29, 0.717) is 13.2 Å². The van der Waals surface area contributed by atoms with Crippen LogP contribution >= 0.6 is 0 Å². The highest BCUT2D eigenvalue weighted by Crippen LogP contribution is 2.13. The number of nitrogens with one attached hydrogen (secondary N) is 1. The van der Waals surface area contributed by atoms with Gasteiger partial charge >= 0.3 is 6.09 Å². The lowest BCUT2D eigenvalue weighted by atomic mass is 10.1. The van der Waals surface area contributed by atoms with E-state index in [4.69, 9.17) is 15.2 Å². The van der Waals surface area contributed by atoms with Gasteiger partial charge in [0, 0.05) is 6.54 Å². The molecule has 1 amide bonds. The van der Waals surface area contributed by atoms with Crippen LogP contribution in [0.25, 0.3) is 0 Å². The third-order valence-corrected chi connectivity index (χ3v) is 2.15. The molecule has 0 aromatic rings. The van der Waals surface area contributed by atoms with Gasteiger partial charge in [-0.2, -0.15) is 0 Å². The molecule has 0 aliphatic carbocycles. The van der Waals surface area contributed by atoms with Crippen LogP contribution < -0.4 is 11.1 Å². The number of ether oxygens (including phenoxy) is 2. The van der Waals surface area contributed by atoms with Crippen LogP contribution in [0.5, 0.6) is 0 Å². The highest BCUT2D eigenvalue weighted by molar-refractivity contribution is 5.68. The second kappa shape index (κ2) is 5.89. The molecule has 0 saturated carbocycles. The van der Waals surface area contributed by atoms with Gasteiger partial charge in [0.15, 0.2) is 0 Å². The van der Waals surface area contributed by atoms with Gasteiger partial charge in [0.2, 0.25) is 0 Å². The van der Waals surface area contributed by atoms with Crippen LogP contribution in [0.4, 0.5) is 4.79 Å². The largest absolute Gasteiger partial charge is 0.444 e. The number of rotatable bonds is 5. The quantitative estimate of drug-likeness (QED) is 0.793. The topological polar surface area (TPSA) is 73.6 Å². The molecule has 0 atom stereocenters.